The standard InChI is InChI=1S/C20H17ClFN3O/c1-13-11-15(14(2)25(13)17-9-7-16(21)8-10-17)12-23-24-20(26)18-5-3-4-6-19(18)22/h3-12H,1-2H3,(H,24,26)/b23-12-. The lowest BCUT2D eigenvalue weighted by molar-refractivity contribution is 0.0951. The molecule has 26 heavy (non-hydrogen) atoms. The summed E-state index contributed by atoms with van der Waals surface area (Å²) in [6, 6.07) is 15.3. The highest BCUT2D eigenvalue weighted by atomic mass is 35.5. The predicted octanol–water partition coefficient (Wildman–Crippen LogP) is 4.65. The molecule has 0 radical (unpaired) electrons. The smallest absolute Gasteiger partial charge is 0.274 e. The van der Waals surface area contributed by atoms with Crippen LogP contribution in [0, 0.1) is 19.7 Å². The van der Waals surface area contributed by atoms with Crippen LogP contribution in [0.3, 0.4) is 0 Å². The molecule has 0 unspecified atom stereocenters. The van der Waals surface area contributed by atoms with Gasteiger partial charge in [-0.2, -0.15) is 5.10 Å². The number of hydrogen-bond donors (Lipinski definition) is 1. The average Bonchev–Trinajstić information content (AvgIpc) is 2.90. The summed E-state index contributed by atoms with van der Waals surface area (Å²) in [7, 11) is 0. The van der Waals surface area contributed by atoms with Gasteiger partial charge in [-0.3, -0.25) is 4.79 Å². The lowest BCUT2D eigenvalue weighted by Gasteiger charge is -2.09. The second-order valence-electron chi connectivity index (χ2n) is 5.82. The highest BCUT2D eigenvalue weighted by Crippen LogP contribution is 2.21. The number of carbonyl (C=O) groups is 1. The average molecular weight is 370 g/mol. The first kappa shape index (κ1) is 17.9. The monoisotopic (exact) mass is 369 g/mol. The van der Waals surface area contributed by atoms with Crippen molar-refractivity contribution in [3.05, 3.63) is 88.0 Å². The van der Waals surface area contributed by atoms with Crippen molar-refractivity contribution >= 4 is 23.7 Å². The van der Waals surface area contributed by atoms with Crippen LogP contribution >= 0.6 is 11.6 Å². The lowest BCUT2D eigenvalue weighted by atomic mass is 10.2. The van der Waals surface area contributed by atoms with Crippen LogP contribution < -0.4 is 5.43 Å². The van der Waals surface area contributed by atoms with Gasteiger partial charge in [0.25, 0.3) is 5.91 Å². The number of hydrogen-bond acceptors (Lipinski definition) is 2. The number of carbonyl (C=O) groups excluding carboxylic acids is 1. The number of nitrogens with one attached hydrogen (secondary N) is 1. The second kappa shape index (κ2) is 7.54. The Kier molecular flexibility index (Phi) is 5.19. The van der Waals surface area contributed by atoms with Crippen molar-refractivity contribution in [2.45, 2.75) is 13.8 Å². The molecule has 0 saturated heterocycles. The Morgan fingerprint density at radius 3 is 2.54 bits per heavy atom. The van der Waals surface area contributed by atoms with E-state index in [-0.39, 0.29) is 5.56 Å². The first-order chi connectivity index (χ1) is 12.5. The molecule has 0 aliphatic heterocycles. The molecule has 1 N–H and O–H groups in total. The van der Waals surface area contributed by atoms with Crippen LogP contribution in [0.2, 0.25) is 5.02 Å². The fraction of sp³-hybridized carbons (Fsp3) is 0.100. The number of hydrazone groups is 1. The highest BCUT2D eigenvalue weighted by molar-refractivity contribution is 6.30. The van der Waals surface area contributed by atoms with Gasteiger partial charge in [0.1, 0.15) is 5.82 Å². The Morgan fingerprint density at radius 2 is 1.85 bits per heavy atom. The van der Waals surface area contributed by atoms with Gasteiger partial charge < -0.3 is 4.57 Å². The number of amides is 1. The van der Waals surface area contributed by atoms with E-state index in [4.69, 9.17) is 11.6 Å². The first-order valence-corrected chi connectivity index (χ1v) is 8.38. The zero-order valence-electron chi connectivity index (χ0n) is 14.3. The Morgan fingerprint density at radius 1 is 1.15 bits per heavy atom. The first-order valence-electron chi connectivity index (χ1n) is 8.00. The van der Waals surface area contributed by atoms with Crippen LogP contribution in [-0.2, 0) is 0 Å². The molecule has 0 bridgehead atoms. The van der Waals surface area contributed by atoms with Crippen LogP contribution in [0.25, 0.3) is 5.69 Å². The maximum absolute atomic E-state index is 13.6. The molecule has 0 aliphatic rings. The van der Waals surface area contributed by atoms with Gasteiger partial charge in [0.2, 0.25) is 0 Å². The topological polar surface area (TPSA) is 46.4 Å². The molecular formula is C20H17ClFN3O. The Hall–Kier alpha value is -2.92. The number of rotatable bonds is 4. The Bertz CT molecular complexity index is 977. The third kappa shape index (κ3) is 3.68. The molecule has 0 saturated carbocycles. The van der Waals surface area contributed by atoms with Crippen molar-refractivity contribution in [1.82, 2.24) is 9.99 Å². The SMILES string of the molecule is Cc1cc(/C=N\NC(=O)c2ccccc2F)c(C)n1-c1ccc(Cl)cc1. The highest BCUT2D eigenvalue weighted by Gasteiger charge is 2.11. The molecule has 0 atom stereocenters. The largest absolute Gasteiger partial charge is 0.318 e. The molecule has 1 heterocycles. The van der Waals surface area contributed by atoms with E-state index < -0.39 is 11.7 Å². The molecule has 1 amide bonds. The van der Waals surface area contributed by atoms with Crippen LogP contribution in [-0.4, -0.2) is 16.7 Å². The summed E-state index contributed by atoms with van der Waals surface area (Å²) >= 11 is 5.95. The molecule has 0 aliphatic carbocycles. The molecule has 0 fully saturated rings. The van der Waals surface area contributed by atoms with Gasteiger partial charge in [0.05, 0.1) is 11.8 Å². The van der Waals surface area contributed by atoms with E-state index in [0.717, 1.165) is 22.6 Å². The zero-order chi connectivity index (χ0) is 18.7. The third-order valence-electron chi connectivity index (χ3n) is 4.04. The van der Waals surface area contributed by atoms with Crippen molar-refractivity contribution in [3.8, 4) is 5.69 Å². The second-order valence-corrected chi connectivity index (χ2v) is 6.25. The number of aryl methyl sites for hydroxylation is 1. The van der Waals surface area contributed by atoms with Gasteiger partial charge >= 0.3 is 0 Å². The maximum atomic E-state index is 13.6. The van der Waals surface area contributed by atoms with E-state index >= 15 is 0 Å². The summed E-state index contributed by atoms with van der Waals surface area (Å²) in [5.41, 5.74) is 6.14. The summed E-state index contributed by atoms with van der Waals surface area (Å²) < 4.78 is 15.7. The minimum atomic E-state index is -0.592. The quantitative estimate of drug-likeness (QED) is 0.528. The minimum Gasteiger partial charge on any atom is -0.318 e. The van der Waals surface area contributed by atoms with Crippen LogP contribution in [0.15, 0.2) is 59.7 Å². The molecule has 4 nitrogen and oxygen atoms in total. The van der Waals surface area contributed by atoms with E-state index in [1.165, 1.54) is 18.2 Å². The molecule has 0 spiro atoms. The number of benzene rings is 2. The van der Waals surface area contributed by atoms with Crippen LogP contribution in [0.1, 0.15) is 27.3 Å². The summed E-state index contributed by atoms with van der Waals surface area (Å²) in [6.45, 7) is 3.94. The van der Waals surface area contributed by atoms with E-state index in [1.54, 1.807) is 12.3 Å². The Balaban J connectivity index is 1.79. The molecule has 3 rings (SSSR count). The third-order valence-corrected chi connectivity index (χ3v) is 4.30. The maximum Gasteiger partial charge on any atom is 0.274 e. The van der Waals surface area contributed by atoms with Gasteiger partial charge in [-0.15, -0.1) is 0 Å². The van der Waals surface area contributed by atoms with Gasteiger partial charge in [0, 0.05) is 27.7 Å². The van der Waals surface area contributed by atoms with Gasteiger partial charge in [-0.05, 0) is 56.3 Å². The molecule has 3 aromatic rings. The fourth-order valence-electron chi connectivity index (χ4n) is 2.77. The molecular weight excluding hydrogens is 353 g/mol. The molecule has 6 heteroatoms. The molecule has 132 valence electrons. The predicted molar refractivity (Wildman–Crippen MR) is 102 cm³/mol. The van der Waals surface area contributed by atoms with Crippen LogP contribution in [0.5, 0.6) is 0 Å². The summed E-state index contributed by atoms with van der Waals surface area (Å²) in [5, 5.41) is 4.63. The fourth-order valence-corrected chi connectivity index (χ4v) is 2.90. The van der Waals surface area contributed by atoms with Gasteiger partial charge in [0.15, 0.2) is 0 Å². The van der Waals surface area contributed by atoms with Crippen molar-refractivity contribution in [2.75, 3.05) is 0 Å². The van der Waals surface area contributed by atoms with Crippen molar-refractivity contribution in [1.29, 1.82) is 0 Å². The van der Waals surface area contributed by atoms with Crippen molar-refractivity contribution in [3.63, 3.8) is 0 Å². The van der Waals surface area contributed by atoms with E-state index in [1.807, 2.05) is 44.2 Å². The summed E-state index contributed by atoms with van der Waals surface area (Å²) in [6.07, 6.45) is 1.55. The normalized spacial score (nSPS) is 11.1. The lowest BCUT2D eigenvalue weighted by Crippen LogP contribution is -2.18. The van der Waals surface area contributed by atoms with Gasteiger partial charge in [-0.25, -0.2) is 9.82 Å². The Labute approximate surface area is 155 Å². The molecule has 1 aromatic heterocycles. The zero-order valence-corrected chi connectivity index (χ0v) is 15.1. The number of aromatic nitrogens is 1. The summed E-state index contributed by atoms with van der Waals surface area (Å²) in [4.78, 5) is 12.0. The van der Waals surface area contributed by atoms with E-state index in [0.29, 0.717) is 5.02 Å². The number of halogens is 2. The van der Waals surface area contributed by atoms with E-state index in [9.17, 15) is 9.18 Å². The van der Waals surface area contributed by atoms with Crippen molar-refractivity contribution < 1.29 is 9.18 Å². The van der Waals surface area contributed by atoms with E-state index in [2.05, 4.69) is 15.1 Å². The van der Waals surface area contributed by atoms with Gasteiger partial charge in [-0.1, -0.05) is 23.7 Å². The molecule has 2 aromatic carbocycles. The minimum absolute atomic E-state index is 0.0451. The van der Waals surface area contributed by atoms with Crippen molar-refractivity contribution in [2.24, 2.45) is 5.10 Å². The number of nitrogens with zero attached hydrogens (tertiary/aromatic N) is 2. The summed E-state index contributed by atoms with van der Waals surface area (Å²) in [5.74, 6) is -1.17. The van der Waals surface area contributed by atoms with Crippen LogP contribution in [0.4, 0.5) is 4.39 Å².